The second-order valence-corrected chi connectivity index (χ2v) is 3.34. The highest BCUT2D eigenvalue weighted by Gasteiger charge is 2.19. The van der Waals surface area contributed by atoms with Crippen LogP contribution in [0, 0.1) is 6.92 Å². The molecule has 1 amide bonds. The van der Waals surface area contributed by atoms with Crippen molar-refractivity contribution in [1.82, 2.24) is 25.4 Å². The number of H-pyrrole nitrogens is 1. The number of aromatic amines is 1. The van der Waals surface area contributed by atoms with Crippen LogP contribution >= 0.6 is 0 Å². The smallest absolute Gasteiger partial charge is 0.354 e. The summed E-state index contributed by atoms with van der Waals surface area (Å²) in [5.74, 6) is -1.21. The molecule has 0 atom stereocenters. The van der Waals surface area contributed by atoms with Crippen LogP contribution in [0.15, 0.2) is 10.9 Å². The van der Waals surface area contributed by atoms with E-state index in [1.807, 2.05) is 0 Å². The van der Waals surface area contributed by atoms with Gasteiger partial charge in [0.05, 0.1) is 12.9 Å². The summed E-state index contributed by atoms with van der Waals surface area (Å²) in [6, 6.07) is 0. The van der Waals surface area contributed by atoms with Gasteiger partial charge in [-0.15, -0.1) is 0 Å². The van der Waals surface area contributed by atoms with Crippen molar-refractivity contribution in [2.45, 2.75) is 13.5 Å². The van der Waals surface area contributed by atoms with Gasteiger partial charge in [-0.05, 0) is 0 Å². The number of aryl methyl sites for hydroxylation is 1. The van der Waals surface area contributed by atoms with Crippen LogP contribution in [0.4, 0.5) is 0 Å². The van der Waals surface area contributed by atoms with Crippen LogP contribution < -0.4 is 5.32 Å². The Hall–Kier alpha value is -2.71. The number of rotatable bonds is 4. The molecule has 0 saturated heterocycles. The Balaban J connectivity index is 2.04. The van der Waals surface area contributed by atoms with Crippen molar-refractivity contribution in [3.63, 3.8) is 0 Å². The standard InChI is InChI=1S/C9H9N5O4/c1-4-13-5(14-18-4)2-10-8(15)6-7(9(16)17)12-3-11-6/h3H,2H2,1H3,(H,10,15)(H,11,12)(H,16,17). The molecular formula is C9H9N5O4. The Morgan fingerprint density at radius 2 is 2.33 bits per heavy atom. The molecule has 0 radical (unpaired) electrons. The lowest BCUT2D eigenvalue weighted by Crippen LogP contribution is -2.25. The third-order valence-corrected chi connectivity index (χ3v) is 2.04. The highest BCUT2D eigenvalue weighted by molar-refractivity contribution is 6.02. The van der Waals surface area contributed by atoms with Crippen molar-refractivity contribution >= 4 is 11.9 Å². The van der Waals surface area contributed by atoms with Crippen LogP contribution in [0.1, 0.15) is 32.7 Å². The first-order chi connectivity index (χ1) is 8.58. The lowest BCUT2D eigenvalue weighted by atomic mass is 10.3. The second-order valence-electron chi connectivity index (χ2n) is 3.34. The average Bonchev–Trinajstić information content (AvgIpc) is 2.94. The van der Waals surface area contributed by atoms with E-state index in [1.165, 1.54) is 0 Å². The number of carbonyl (C=O) groups excluding carboxylic acids is 1. The predicted octanol–water partition coefficient (Wildman–Crippen LogP) is -0.271. The van der Waals surface area contributed by atoms with Crippen molar-refractivity contribution in [2.24, 2.45) is 0 Å². The highest BCUT2D eigenvalue weighted by Crippen LogP contribution is 2.03. The molecule has 0 aliphatic carbocycles. The van der Waals surface area contributed by atoms with E-state index in [0.717, 1.165) is 6.33 Å². The van der Waals surface area contributed by atoms with Crippen LogP contribution in [-0.4, -0.2) is 37.1 Å². The number of hydrogen-bond donors (Lipinski definition) is 3. The first kappa shape index (κ1) is 11.8. The lowest BCUT2D eigenvalue weighted by molar-refractivity contribution is 0.0685. The van der Waals surface area contributed by atoms with E-state index in [0.29, 0.717) is 11.7 Å². The summed E-state index contributed by atoms with van der Waals surface area (Å²) in [6.07, 6.45) is 1.14. The van der Waals surface area contributed by atoms with Crippen LogP contribution in [0.2, 0.25) is 0 Å². The van der Waals surface area contributed by atoms with Crippen LogP contribution in [-0.2, 0) is 6.54 Å². The minimum atomic E-state index is -1.26. The molecule has 9 heteroatoms. The zero-order valence-corrected chi connectivity index (χ0v) is 9.30. The Bertz CT molecular complexity index is 587. The van der Waals surface area contributed by atoms with Crippen molar-refractivity contribution in [3.8, 4) is 0 Å². The number of nitrogens with one attached hydrogen (secondary N) is 2. The Morgan fingerprint density at radius 3 is 2.94 bits per heavy atom. The zero-order valence-electron chi connectivity index (χ0n) is 9.30. The fourth-order valence-corrected chi connectivity index (χ4v) is 1.29. The number of hydrogen-bond acceptors (Lipinski definition) is 6. The molecule has 0 unspecified atom stereocenters. The molecule has 2 heterocycles. The largest absolute Gasteiger partial charge is 0.477 e. The van der Waals surface area contributed by atoms with Gasteiger partial charge in [-0.1, -0.05) is 5.16 Å². The van der Waals surface area contributed by atoms with E-state index in [9.17, 15) is 9.59 Å². The van der Waals surface area contributed by atoms with Gasteiger partial charge in [0.25, 0.3) is 5.91 Å². The number of carboxylic acids is 1. The van der Waals surface area contributed by atoms with Gasteiger partial charge in [0.2, 0.25) is 5.89 Å². The molecule has 2 aromatic heterocycles. The van der Waals surface area contributed by atoms with Gasteiger partial charge in [0.15, 0.2) is 17.2 Å². The number of nitrogens with zero attached hydrogens (tertiary/aromatic N) is 3. The van der Waals surface area contributed by atoms with Crippen molar-refractivity contribution in [3.05, 3.63) is 29.4 Å². The fourth-order valence-electron chi connectivity index (χ4n) is 1.29. The van der Waals surface area contributed by atoms with E-state index in [-0.39, 0.29) is 17.9 Å². The molecule has 94 valence electrons. The summed E-state index contributed by atoms with van der Waals surface area (Å²) in [4.78, 5) is 32.3. The molecule has 0 fully saturated rings. The molecule has 0 aliphatic rings. The minimum Gasteiger partial charge on any atom is -0.477 e. The van der Waals surface area contributed by atoms with Crippen molar-refractivity contribution in [1.29, 1.82) is 0 Å². The van der Waals surface area contributed by atoms with Gasteiger partial charge in [-0.3, -0.25) is 4.79 Å². The monoisotopic (exact) mass is 251 g/mol. The van der Waals surface area contributed by atoms with Gasteiger partial charge in [-0.2, -0.15) is 4.98 Å². The number of carboxylic acid groups (broad SMARTS) is 1. The summed E-state index contributed by atoms with van der Waals surface area (Å²) in [6.45, 7) is 1.65. The third-order valence-electron chi connectivity index (χ3n) is 2.04. The molecule has 3 N–H and O–H groups in total. The summed E-state index contributed by atoms with van der Waals surface area (Å²) < 4.78 is 4.72. The quantitative estimate of drug-likeness (QED) is 0.680. The first-order valence-corrected chi connectivity index (χ1v) is 4.92. The fraction of sp³-hybridized carbons (Fsp3) is 0.222. The number of aromatic carboxylic acids is 1. The van der Waals surface area contributed by atoms with Gasteiger partial charge in [0, 0.05) is 6.92 Å². The normalized spacial score (nSPS) is 10.3. The summed E-state index contributed by atoms with van der Waals surface area (Å²) in [5, 5.41) is 14.8. The maximum Gasteiger partial charge on any atom is 0.354 e. The molecule has 0 aliphatic heterocycles. The summed E-state index contributed by atoms with van der Waals surface area (Å²) in [7, 11) is 0. The first-order valence-electron chi connectivity index (χ1n) is 4.92. The molecular weight excluding hydrogens is 242 g/mol. The molecule has 2 aromatic rings. The van der Waals surface area contributed by atoms with Crippen LogP contribution in [0.3, 0.4) is 0 Å². The Kier molecular flexibility index (Phi) is 3.04. The number of carbonyl (C=O) groups is 2. The van der Waals surface area contributed by atoms with Crippen LogP contribution in [0.25, 0.3) is 0 Å². The maximum absolute atomic E-state index is 11.7. The molecule has 0 aromatic carbocycles. The molecule has 0 saturated carbocycles. The van der Waals surface area contributed by atoms with E-state index < -0.39 is 11.9 Å². The molecule has 0 spiro atoms. The maximum atomic E-state index is 11.7. The summed E-state index contributed by atoms with van der Waals surface area (Å²) in [5.41, 5.74) is -0.459. The van der Waals surface area contributed by atoms with Crippen molar-refractivity contribution in [2.75, 3.05) is 0 Å². The van der Waals surface area contributed by atoms with E-state index in [1.54, 1.807) is 6.92 Å². The van der Waals surface area contributed by atoms with E-state index in [4.69, 9.17) is 9.63 Å². The lowest BCUT2D eigenvalue weighted by Gasteiger charge is -2.00. The number of amides is 1. The predicted molar refractivity (Wildman–Crippen MR) is 55.8 cm³/mol. The van der Waals surface area contributed by atoms with Gasteiger partial charge < -0.3 is 19.9 Å². The van der Waals surface area contributed by atoms with Gasteiger partial charge in [-0.25, -0.2) is 9.78 Å². The third kappa shape index (κ3) is 2.34. The zero-order chi connectivity index (χ0) is 13.1. The molecule has 0 bridgehead atoms. The van der Waals surface area contributed by atoms with Crippen molar-refractivity contribution < 1.29 is 19.2 Å². The Labute approximate surface area is 100 Å². The van der Waals surface area contributed by atoms with Gasteiger partial charge >= 0.3 is 5.97 Å². The SMILES string of the molecule is Cc1nc(CNC(=O)c2nc[nH]c2C(=O)O)no1. The summed E-state index contributed by atoms with van der Waals surface area (Å²) >= 11 is 0. The molecule has 18 heavy (non-hydrogen) atoms. The average molecular weight is 251 g/mol. The number of aromatic nitrogens is 4. The second kappa shape index (κ2) is 4.65. The Morgan fingerprint density at radius 1 is 1.56 bits per heavy atom. The topological polar surface area (TPSA) is 134 Å². The van der Waals surface area contributed by atoms with Gasteiger partial charge in [0.1, 0.15) is 0 Å². The minimum absolute atomic E-state index is 0.0299. The van der Waals surface area contributed by atoms with E-state index >= 15 is 0 Å². The molecule has 2 rings (SSSR count). The number of imidazole rings is 1. The molecule has 9 nitrogen and oxygen atoms in total. The van der Waals surface area contributed by atoms with Crippen LogP contribution in [0.5, 0.6) is 0 Å². The van der Waals surface area contributed by atoms with E-state index in [2.05, 4.69) is 25.4 Å². The highest BCUT2D eigenvalue weighted by atomic mass is 16.5.